The summed E-state index contributed by atoms with van der Waals surface area (Å²) >= 11 is 0. The first-order valence-electron chi connectivity index (χ1n) is 7.92. The quantitative estimate of drug-likeness (QED) is 0.236. The Bertz CT molecular complexity index is 774. The van der Waals surface area contributed by atoms with Gasteiger partial charge in [-0.3, -0.25) is 0 Å². The van der Waals surface area contributed by atoms with Gasteiger partial charge in [-0.15, -0.1) is 29.8 Å². The summed E-state index contributed by atoms with van der Waals surface area (Å²) in [7, 11) is -2.71. The van der Waals surface area contributed by atoms with Gasteiger partial charge in [-0.2, -0.15) is 26.3 Å². The first-order valence-corrected chi connectivity index (χ1v) is 12.1. The van der Waals surface area contributed by atoms with E-state index in [4.69, 9.17) is 0 Å². The van der Waals surface area contributed by atoms with Gasteiger partial charge in [-0.05, 0) is 30.7 Å². The molecule has 0 spiro atoms. The molecule has 2 unspecified atom stereocenters. The molecule has 1 aromatic carbocycles. The van der Waals surface area contributed by atoms with E-state index in [0.29, 0.717) is 24.5 Å². The van der Waals surface area contributed by atoms with Crippen molar-refractivity contribution in [3.63, 3.8) is 0 Å². The standard InChI is InChI=1S/C13H6F6N.C4H12O2P2.Pt/c14-12(15,16)9-3-1-2-8(6-9)11-7-10(4-5-20-11)13(17,18)19;1-7(5)3-4-8(2)6;/h1,3-7H;7-8H,3-4H2,1-2H3;/q-1;;. The Morgan fingerprint density at radius 1 is 0.897 bits per heavy atom. The number of nitrogens with zero attached hydrogens (tertiary/aromatic N) is 1. The third kappa shape index (κ3) is 10.6. The van der Waals surface area contributed by atoms with Crippen LogP contribution in [-0.4, -0.2) is 30.6 Å². The van der Waals surface area contributed by atoms with Crippen LogP contribution in [0.15, 0.2) is 36.5 Å². The maximum atomic E-state index is 12.5. The van der Waals surface area contributed by atoms with Crippen LogP contribution in [0.5, 0.6) is 0 Å². The van der Waals surface area contributed by atoms with Gasteiger partial charge in [0.15, 0.2) is 0 Å². The number of aromatic nitrogens is 1. The molecule has 0 fully saturated rings. The van der Waals surface area contributed by atoms with E-state index in [9.17, 15) is 35.5 Å². The van der Waals surface area contributed by atoms with Crippen LogP contribution < -0.4 is 0 Å². The zero-order valence-corrected chi connectivity index (χ0v) is 19.5. The molecule has 0 radical (unpaired) electrons. The van der Waals surface area contributed by atoms with E-state index in [1.807, 2.05) is 0 Å². The number of rotatable bonds is 4. The Morgan fingerprint density at radius 2 is 1.38 bits per heavy atom. The molecule has 0 aliphatic heterocycles. The second kappa shape index (κ2) is 12.1. The molecule has 1 heterocycles. The average Bonchev–Trinajstić information content (AvgIpc) is 2.59. The number of hydrogen-bond acceptors (Lipinski definition) is 3. The molecule has 29 heavy (non-hydrogen) atoms. The minimum Gasteiger partial charge on any atom is -0.327 e. The van der Waals surface area contributed by atoms with E-state index in [0.717, 1.165) is 24.4 Å². The predicted octanol–water partition coefficient (Wildman–Crippen LogP) is 5.95. The Labute approximate surface area is 180 Å². The fourth-order valence-corrected chi connectivity index (χ4v) is 4.71. The molecule has 0 aliphatic rings. The van der Waals surface area contributed by atoms with E-state index in [2.05, 4.69) is 11.1 Å². The van der Waals surface area contributed by atoms with Crippen molar-refractivity contribution in [3.8, 4) is 11.3 Å². The van der Waals surface area contributed by atoms with Crippen molar-refractivity contribution in [3.05, 3.63) is 53.7 Å². The summed E-state index contributed by atoms with van der Waals surface area (Å²) in [6.07, 6.45) is -6.94. The summed E-state index contributed by atoms with van der Waals surface area (Å²) < 4.78 is 96.0. The molecule has 0 saturated carbocycles. The Balaban J connectivity index is 0.000000747. The van der Waals surface area contributed by atoms with Crippen molar-refractivity contribution in [1.82, 2.24) is 4.98 Å². The molecule has 0 saturated heterocycles. The van der Waals surface area contributed by atoms with Crippen molar-refractivity contribution >= 4 is 15.6 Å². The minimum atomic E-state index is -4.58. The van der Waals surface area contributed by atoms with Gasteiger partial charge in [0.05, 0.1) is 15.6 Å². The topological polar surface area (TPSA) is 47.0 Å². The number of alkyl halides is 6. The molecule has 1 aromatic heterocycles. The van der Waals surface area contributed by atoms with Gasteiger partial charge < -0.3 is 14.1 Å². The molecular weight excluding hydrogens is 621 g/mol. The molecule has 0 N–H and O–H groups in total. The van der Waals surface area contributed by atoms with Crippen molar-refractivity contribution in [2.75, 3.05) is 25.7 Å². The number of halogens is 6. The molecular formula is C17H18F6NO2P2Pt-. The minimum absolute atomic E-state index is 0. The summed E-state index contributed by atoms with van der Waals surface area (Å²) in [6, 6.07) is 6.38. The van der Waals surface area contributed by atoms with Gasteiger partial charge >= 0.3 is 12.4 Å². The van der Waals surface area contributed by atoms with Crippen molar-refractivity contribution < 1.29 is 56.5 Å². The average molecular weight is 639 g/mol. The molecule has 2 atom stereocenters. The van der Waals surface area contributed by atoms with E-state index >= 15 is 0 Å². The zero-order chi connectivity index (χ0) is 21.5. The molecule has 0 bridgehead atoms. The molecule has 2 rings (SSSR count). The summed E-state index contributed by atoms with van der Waals surface area (Å²) in [5.41, 5.74) is -2.31. The molecule has 0 amide bonds. The van der Waals surface area contributed by atoms with Crippen LogP contribution in [0.25, 0.3) is 11.3 Å². The van der Waals surface area contributed by atoms with E-state index in [1.54, 1.807) is 13.3 Å². The fraction of sp³-hybridized carbons (Fsp3) is 0.353. The maximum Gasteiger partial charge on any atom is 0.415 e. The maximum absolute atomic E-state index is 12.5. The zero-order valence-electron chi connectivity index (χ0n) is 15.2. The van der Waals surface area contributed by atoms with Crippen LogP contribution in [0.4, 0.5) is 26.3 Å². The van der Waals surface area contributed by atoms with Crippen LogP contribution in [0, 0.1) is 6.07 Å². The SMILES string of the molecule is C[PH](=O)CC[PH](C)=O.FC(F)(F)c1cc[c-]c(-c2cc(C(F)(F)F)ccn2)c1.[Pt]. The molecule has 3 nitrogen and oxygen atoms in total. The van der Waals surface area contributed by atoms with Crippen molar-refractivity contribution in [1.29, 1.82) is 0 Å². The van der Waals surface area contributed by atoms with Crippen LogP contribution in [0.2, 0.25) is 0 Å². The van der Waals surface area contributed by atoms with Crippen molar-refractivity contribution in [2.45, 2.75) is 12.4 Å². The summed E-state index contributed by atoms with van der Waals surface area (Å²) in [4.78, 5) is 3.65. The summed E-state index contributed by atoms with van der Waals surface area (Å²) in [6.45, 7) is 3.41. The molecule has 12 heteroatoms. The first kappa shape index (κ1) is 28.1. The third-order valence-electron chi connectivity index (χ3n) is 3.32. The van der Waals surface area contributed by atoms with Crippen LogP contribution in [0.1, 0.15) is 11.1 Å². The van der Waals surface area contributed by atoms with E-state index in [-0.39, 0.29) is 32.3 Å². The van der Waals surface area contributed by atoms with Crippen LogP contribution in [-0.2, 0) is 42.5 Å². The van der Waals surface area contributed by atoms with Gasteiger partial charge in [-0.1, -0.05) is 6.07 Å². The molecule has 2 aromatic rings. The number of pyridine rings is 1. The fourth-order valence-electron chi connectivity index (χ4n) is 1.90. The third-order valence-corrected chi connectivity index (χ3v) is 5.73. The van der Waals surface area contributed by atoms with Crippen LogP contribution in [0.3, 0.4) is 0 Å². The first-order chi connectivity index (χ1) is 12.8. The van der Waals surface area contributed by atoms with Crippen molar-refractivity contribution in [2.24, 2.45) is 0 Å². The number of hydrogen-bond donors (Lipinski definition) is 0. The van der Waals surface area contributed by atoms with Gasteiger partial charge in [0.1, 0.15) is 0 Å². The molecule has 166 valence electrons. The van der Waals surface area contributed by atoms with E-state index < -0.39 is 39.1 Å². The monoisotopic (exact) mass is 639 g/mol. The number of benzene rings is 1. The van der Waals surface area contributed by atoms with Crippen LogP contribution >= 0.6 is 15.6 Å². The molecule has 0 aliphatic carbocycles. The van der Waals surface area contributed by atoms with Gasteiger partial charge in [0, 0.05) is 45.1 Å². The predicted molar refractivity (Wildman–Crippen MR) is 98.1 cm³/mol. The normalized spacial score (nSPS) is 13.5. The second-order valence-corrected chi connectivity index (χ2v) is 9.63. The largest absolute Gasteiger partial charge is 0.415 e. The van der Waals surface area contributed by atoms with Gasteiger partial charge in [0.2, 0.25) is 0 Å². The Morgan fingerprint density at radius 3 is 1.83 bits per heavy atom. The second-order valence-electron chi connectivity index (χ2n) is 5.82. The van der Waals surface area contributed by atoms with Gasteiger partial charge in [-0.25, -0.2) is 0 Å². The summed E-state index contributed by atoms with van der Waals surface area (Å²) in [5, 5.41) is 0. The smallest absolute Gasteiger partial charge is 0.327 e. The Hall–Kier alpha value is -0.902. The van der Waals surface area contributed by atoms with Gasteiger partial charge in [0.25, 0.3) is 0 Å². The summed E-state index contributed by atoms with van der Waals surface area (Å²) in [5.74, 6) is 0. The van der Waals surface area contributed by atoms with E-state index in [1.165, 1.54) is 0 Å². The Kier molecular flexibility index (Phi) is 11.7.